The van der Waals surface area contributed by atoms with Crippen LogP contribution in [0.15, 0.2) is 36.5 Å². The maximum Gasteiger partial charge on any atom is 0.203 e. The first-order valence-corrected chi connectivity index (χ1v) is 7.42. The molecule has 0 spiro atoms. The van der Waals surface area contributed by atoms with Gasteiger partial charge in [0.25, 0.3) is 0 Å². The number of hydrogen-bond acceptors (Lipinski definition) is 3. The van der Waals surface area contributed by atoms with Crippen molar-refractivity contribution in [3.8, 4) is 0 Å². The molecule has 1 aromatic carbocycles. The Morgan fingerprint density at radius 2 is 2.10 bits per heavy atom. The van der Waals surface area contributed by atoms with Crippen LogP contribution in [0.25, 0.3) is 11.2 Å². The number of nitrogens with two attached hydrogens (primary N) is 1. The zero-order valence-electron chi connectivity index (χ0n) is 12.1. The number of aromatic nitrogens is 3. The highest BCUT2D eigenvalue weighted by molar-refractivity contribution is 5.78. The summed E-state index contributed by atoms with van der Waals surface area (Å²) in [6.07, 6.45) is 5.24. The van der Waals surface area contributed by atoms with Crippen LogP contribution in [0.2, 0.25) is 0 Å². The molecule has 0 amide bonds. The van der Waals surface area contributed by atoms with E-state index < -0.39 is 0 Å². The molecule has 2 N–H and O–H groups in total. The number of fused-ring (bicyclic) bond motifs is 2. The molecule has 0 radical (unpaired) electrons. The van der Waals surface area contributed by atoms with E-state index in [1.54, 1.807) is 0 Å². The number of hydrogen-bond donors (Lipinski definition) is 1. The third kappa shape index (κ3) is 1.82. The number of aryl methyl sites for hydroxylation is 2. The van der Waals surface area contributed by atoms with Crippen molar-refractivity contribution >= 4 is 17.1 Å². The van der Waals surface area contributed by atoms with Gasteiger partial charge in [-0.2, -0.15) is 0 Å². The van der Waals surface area contributed by atoms with Crippen molar-refractivity contribution in [1.82, 2.24) is 14.5 Å². The van der Waals surface area contributed by atoms with E-state index in [0.29, 0.717) is 5.95 Å². The highest BCUT2D eigenvalue weighted by atomic mass is 15.2. The van der Waals surface area contributed by atoms with Crippen molar-refractivity contribution in [2.24, 2.45) is 0 Å². The van der Waals surface area contributed by atoms with Gasteiger partial charge in [-0.15, -0.1) is 0 Å². The predicted molar refractivity (Wildman–Crippen MR) is 84.2 cm³/mol. The van der Waals surface area contributed by atoms with E-state index in [4.69, 9.17) is 5.73 Å². The molecule has 0 saturated heterocycles. The first-order chi connectivity index (χ1) is 10.3. The van der Waals surface area contributed by atoms with Gasteiger partial charge in [0.2, 0.25) is 5.95 Å². The van der Waals surface area contributed by atoms with Gasteiger partial charge in [0, 0.05) is 6.20 Å². The lowest BCUT2D eigenvalue weighted by molar-refractivity contribution is 0.502. The Bertz CT molecular complexity index is 819. The lowest BCUT2D eigenvalue weighted by Crippen LogP contribution is -2.19. The molecule has 1 unspecified atom stereocenters. The third-order valence-corrected chi connectivity index (χ3v) is 4.46. The lowest BCUT2D eigenvalue weighted by Gasteiger charge is -2.27. The van der Waals surface area contributed by atoms with Crippen molar-refractivity contribution in [3.63, 3.8) is 0 Å². The van der Waals surface area contributed by atoms with Crippen LogP contribution in [0.4, 0.5) is 5.95 Å². The Balaban J connectivity index is 1.96. The summed E-state index contributed by atoms with van der Waals surface area (Å²) in [5, 5.41) is 0. The topological polar surface area (TPSA) is 56.7 Å². The Kier molecular flexibility index (Phi) is 2.70. The van der Waals surface area contributed by atoms with Crippen LogP contribution in [-0.4, -0.2) is 14.5 Å². The number of rotatable bonds is 1. The second-order valence-electron chi connectivity index (χ2n) is 5.75. The standard InChI is InChI=1S/C17H18N4/c1-11-9-10-19-16-15(11)20-17(18)21(16)14-8-4-6-12-5-2-3-7-13(12)14/h2-3,5,7,9-10,14H,4,6,8H2,1H3,(H2,18,20). The molecule has 21 heavy (non-hydrogen) atoms. The Labute approximate surface area is 123 Å². The quantitative estimate of drug-likeness (QED) is 0.743. The van der Waals surface area contributed by atoms with Gasteiger partial charge in [-0.1, -0.05) is 24.3 Å². The zero-order valence-corrected chi connectivity index (χ0v) is 12.1. The molecule has 4 heteroatoms. The number of benzene rings is 1. The van der Waals surface area contributed by atoms with Crippen LogP contribution in [-0.2, 0) is 6.42 Å². The highest BCUT2D eigenvalue weighted by Gasteiger charge is 2.25. The fourth-order valence-electron chi connectivity index (χ4n) is 3.43. The lowest BCUT2D eigenvalue weighted by atomic mass is 9.87. The maximum atomic E-state index is 6.22. The van der Waals surface area contributed by atoms with Crippen LogP contribution in [0.1, 0.15) is 35.6 Å². The molecule has 1 atom stereocenters. The fraction of sp³-hybridized carbons (Fsp3) is 0.294. The van der Waals surface area contributed by atoms with Crippen LogP contribution >= 0.6 is 0 Å². The first-order valence-electron chi connectivity index (χ1n) is 7.42. The minimum absolute atomic E-state index is 0.245. The summed E-state index contributed by atoms with van der Waals surface area (Å²) in [5.41, 5.74) is 11.9. The Hall–Kier alpha value is -2.36. The molecule has 4 nitrogen and oxygen atoms in total. The van der Waals surface area contributed by atoms with E-state index in [-0.39, 0.29) is 6.04 Å². The van der Waals surface area contributed by atoms with Gasteiger partial charge in [-0.25, -0.2) is 9.97 Å². The van der Waals surface area contributed by atoms with Gasteiger partial charge in [0.15, 0.2) is 5.65 Å². The minimum Gasteiger partial charge on any atom is -0.369 e. The van der Waals surface area contributed by atoms with Crippen LogP contribution in [0, 0.1) is 6.92 Å². The summed E-state index contributed by atoms with van der Waals surface area (Å²) >= 11 is 0. The predicted octanol–water partition coefficient (Wildman–Crippen LogP) is 3.25. The molecule has 2 aromatic heterocycles. The van der Waals surface area contributed by atoms with Gasteiger partial charge in [0.05, 0.1) is 6.04 Å². The molecule has 3 aromatic rings. The number of imidazole rings is 1. The summed E-state index contributed by atoms with van der Waals surface area (Å²) < 4.78 is 2.11. The zero-order chi connectivity index (χ0) is 14.4. The second-order valence-corrected chi connectivity index (χ2v) is 5.75. The van der Waals surface area contributed by atoms with Crippen molar-refractivity contribution < 1.29 is 0 Å². The van der Waals surface area contributed by atoms with Gasteiger partial charge >= 0.3 is 0 Å². The maximum absolute atomic E-state index is 6.22. The molecule has 0 fully saturated rings. The summed E-state index contributed by atoms with van der Waals surface area (Å²) in [4.78, 5) is 9.07. The molecule has 1 aliphatic carbocycles. The molecule has 106 valence electrons. The smallest absolute Gasteiger partial charge is 0.203 e. The van der Waals surface area contributed by atoms with Crippen molar-refractivity contribution in [3.05, 3.63) is 53.2 Å². The Morgan fingerprint density at radius 1 is 1.24 bits per heavy atom. The SMILES string of the molecule is Cc1ccnc2c1nc(N)n2C1CCCc2ccccc21. The van der Waals surface area contributed by atoms with Crippen molar-refractivity contribution in [2.45, 2.75) is 32.2 Å². The Morgan fingerprint density at radius 3 is 3.00 bits per heavy atom. The summed E-state index contributed by atoms with van der Waals surface area (Å²) in [6.45, 7) is 2.05. The summed E-state index contributed by atoms with van der Waals surface area (Å²) in [5.74, 6) is 0.563. The second kappa shape index (κ2) is 4.58. The number of nitrogen functional groups attached to an aromatic ring is 1. The van der Waals surface area contributed by atoms with Gasteiger partial charge in [-0.05, 0) is 48.9 Å². The highest BCUT2D eigenvalue weighted by Crippen LogP contribution is 2.36. The van der Waals surface area contributed by atoms with E-state index in [1.807, 2.05) is 12.3 Å². The normalized spacial score (nSPS) is 17.9. The van der Waals surface area contributed by atoms with E-state index in [0.717, 1.165) is 29.6 Å². The average Bonchev–Trinajstić information content (AvgIpc) is 2.84. The molecule has 2 heterocycles. The monoisotopic (exact) mass is 278 g/mol. The molecule has 0 bridgehead atoms. The van der Waals surface area contributed by atoms with Crippen LogP contribution < -0.4 is 5.73 Å². The summed E-state index contributed by atoms with van der Waals surface area (Å²) in [6, 6.07) is 10.9. The number of anilines is 1. The largest absolute Gasteiger partial charge is 0.369 e. The molecule has 4 rings (SSSR count). The van der Waals surface area contributed by atoms with Gasteiger partial charge in [0.1, 0.15) is 5.52 Å². The number of nitrogens with zero attached hydrogens (tertiary/aromatic N) is 3. The van der Waals surface area contributed by atoms with Gasteiger partial charge in [-0.3, -0.25) is 4.57 Å². The van der Waals surface area contributed by atoms with E-state index >= 15 is 0 Å². The molecule has 0 saturated carbocycles. The van der Waals surface area contributed by atoms with Gasteiger partial charge < -0.3 is 5.73 Å². The summed E-state index contributed by atoms with van der Waals surface area (Å²) in [7, 11) is 0. The van der Waals surface area contributed by atoms with Crippen molar-refractivity contribution in [1.29, 1.82) is 0 Å². The molecule has 1 aliphatic rings. The third-order valence-electron chi connectivity index (χ3n) is 4.46. The van der Waals surface area contributed by atoms with Crippen LogP contribution in [0.3, 0.4) is 0 Å². The molecular weight excluding hydrogens is 260 g/mol. The van der Waals surface area contributed by atoms with E-state index in [2.05, 4.69) is 45.7 Å². The minimum atomic E-state index is 0.245. The van der Waals surface area contributed by atoms with Crippen molar-refractivity contribution in [2.75, 3.05) is 5.73 Å². The fourth-order valence-corrected chi connectivity index (χ4v) is 3.43. The van der Waals surface area contributed by atoms with E-state index in [9.17, 15) is 0 Å². The molecular formula is C17H18N4. The van der Waals surface area contributed by atoms with E-state index in [1.165, 1.54) is 17.5 Å². The molecule has 0 aliphatic heterocycles. The average molecular weight is 278 g/mol. The first kappa shape index (κ1) is 12.4. The number of pyridine rings is 1. The van der Waals surface area contributed by atoms with Crippen LogP contribution in [0.5, 0.6) is 0 Å².